The van der Waals surface area contributed by atoms with Crippen molar-refractivity contribution in [2.45, 2.75) is 20.4 Å². The Balaban J connectivity index is 2.40. The Morgan fingerprint density at radius 2 is 1.95 bits per heavy atom. The van der Waals surface area contributed by atoms with Crippen LogP contribution in [-0.4, -0.2) is 11.8 Å². The van der Waals surface area contributed by atoms with Crippen LogP contribution in [-0.2, 0) is 11.3 Å². The fourth-order valence-electron chi connectivity index (χ4n) is 2.16. The molecule has 0 bridgehead atoms. The summed E-state index contributed by atoms with van der Waals surface area (Å²) in [5, 5.41) is 4.07. The van der Waals surface area contributed by atoms with E-state index < -0.39 is 0 Å². The number of anilines is 1. The molecule has 1 amide bonds. The number of hydrogen-bond acceptors (Lipinski definition) is 2. The first-order chi connectivity index (χ1) is 9.13. The molecule has 2 nitrogen and oxygen atoms in total. The highest BCUT2D eigenvalue weighted by Crippen LogP contribution is 2.27. The molecule has 0 atom stereocenters. The standard InChI is InChI=1S/C15H16ClNOS/c1-11-4-3-5-12(2)15(11)17(14(18)8-16)9-13-6-7-19-10-13/h3-7,10H,8-9H2,1-2H3. The SMILES string of the molecule is Cc1cccc(C)c1N(Cc1ccsc1)C(=O)CCl. The minimum Gasteiger partial charge on any atom is -0.306 e. The lowest BCUT2D eigenvalue weighted by Gasteiger charge is -2.25. The molecule has 19 heavy (non-hydrogen) atoms. The van der Waals surface area contributed by atoms with Gasteiger partial charge in [-0.05, 0) is 47.4 Å². The highest BCUT2D eigenvalue weighted by atomic mass is 35.5. The molecule has 0 spiro atoms. The van der Waals surface area contributed by atoms with Gasteiger partial charge < -0.3 is 4.90 Å². The first-order valence-electron chi connectivity index (χ1n) is 6.07. The van der Waals surface area contributed by atoms with Crippen molar-refractivity contribution in [3.8, 4) is 0 Å². The van der Waals surface area contributed by atoms with Gasteiger partial charge in [-0.25, -0.2) is 0 Å². The largest absolute Gasteiger partial charge is 0.306 e. The van der Waals surface area contributed by atoms with Crippen molar-refractivity contribution in [2.24, 2.45) is 0 Å². The van der Waals surface area contributed by atoms with Gasteiger partial charge in [0.25, 0.3) is 0 Å². The molecular weight excluding hydrogens is 278 g/mol. The third-order valence-corrected chi connectivity index (χ3v) is 4.01. The second-order valence-electron chi connectivity index (χ2n) is 4.49. The summed E-state index contributed by atoms with van der Waals surface area (Å²) in [7, 11) is 0. The van der Waals surface area contributed by atoms with Crippen molar-refractivity contribution in [1.82, 2.24) is 0 Å². The zero-order chi connectivity index (χ0) is 13.8. The molecule has 0 aliphatic carbocycles. The number of nitrogens with zero attached hydrogens (tertiary/aromatic N) is 1. The van der Waals surface area contributed by atoms with Crippen LogP contribution < -0.4 is 4.90 Å². The zero-order valence-corrected chi connectivity index (χ0v) is 12.6. The van der Waals surface area contributed by atoms with Gasteiger partial charge in [0, 0.05) is 5.69 Å². The number of benzene rings is 1. The number of halogens is 1. The van der Waals surface area contributed by atoms with Crippen molar-refractivity contribution in [3.05, 3.63) is 51.7 Å². The van der Waals surface area contributed by atoms with Gasteiger partial charge in [0.15, 0.2) is 0 Å². The Hall–Kier alpha value is -1.32. The third-order valence-electron chi connectivity index (χ3n) is 3.05. The van der Waals surface area contributed by atoms with Crippen molar-refractivity contribution in [3.63, 3.8) is 0 Å². The summed E-state index contributed by atoms with van der Waals surface area (Å²) in [4.78, 5) is 13.9. The third kappa shape index (κ3) is 3.17. The molecular formula is C15H16ClNOS. The number of para-hydroxylation sites is 1. The fourth-order valence-corrected chi connectivity index (χ4v) is 2.96. The molecule has 2 rings (SSSR count). The van der Waals surface area contributed by atoms with E-state index in [9.17, 15) is 4.79 Å². The molecule has 0 fully saturated rings. The van der Waals surface area contributed by atoms with Gasteiger partial charge in [-0.2, -0.15) is 11.3 Å². The monoisotopic (exact) mass is 293 g/mol. The van der Waals surface area contributed by atoms with Crippen LogP contribution >= 0.6 is 22.9 Å². The van der Waals surface area contributed by atoms with Gasteiger partial charge in [0.1, 0.15) is 5.88 Å². The number of hydrogen-bond donors (Lipinski definition) is 0. The van der Waals surface area contributed by atoms with Gasteiger partial charge in [-0.3, -0.25) is 4.79 Å². The van der Waals surface area contributed by atoms with Crippen molar-refractivity contribution >= 4 is 34.5 Å². The molecule has 100 valence electrons. The van der Waals surface area contributed by atoms with Gasteiger partial charge in [-0.1, -0.05) is 18.2 Å². The minimum atomic E-state index is -0.0646. The Kier molecular flexibility index (Phi) is 4.61. The van der Waals surface area contributed by atoms with E-state index in [2.05, 4.69) is 5.38 Å². The molecule has 0 saturated carbocycles. The lowest BCUT2D eigenvalue weighted by molar-refractivity contribution is -0.116. The molecule has 0 saturated heterocycles. The number of rotatable bonds is 4. The van der Waals surface area contributed by atoms with Crippen LogP contribution in [0, 0.1) is 13.8 Å². The van der Waals surface area contributed by atoms with Crippen LogP contribution in [0.2, 0.25) is 0 Å². The summed E-state index contributed by atoms with van der Waals surface area (Å²) >= 11 is 7.39. The highest BCUT2D eigenvalue weighted by Gasteiger charge is 2.19. The molecule has 0 aliphatic heterocycles. The summed E-state index contributed by atoms with van der Waals surface area (Å²) in [6, 6.07) is 8.07. The van der Waals surface area contributed by atoms with Crippen molar-refractivity contribution in [1.29, 1.82) is 0 Å². The maximum absolute atomic E-state index is 12.1. The molecule has 0 unspecified atom stereocenters. The quantitative estimate of drug-likeness (QED) is 0.776. The van der Waals surface area contributed by atoms with Crippen LogP contribution in [0.1, 0.15) is 16.7 Å². The summed E-state index contributed by atoms with van der Waals surface area (Å²) < 4.78 is 0. The maximum Gasteiger partial charge on any atom is 0.242 e. The maximum atomic E-state index is 12.1. The molecule has 4 heteroatoms. The number of aryl methyl sites for hydroxylation is 2. The van der Waals surface area contributed by atoms with E-state index in [4.69, 9.17) is 11.6 Å². The summed E-state index contributed by atoms with van der Waals surface area (Å²) in [5.74, 6) is -0.0666. The predicted molar refractivity (Wildman–Crippen MR) is 82.1 cm³/mol. The molecule has 1 aromatic carbocycles. The van der Waals surface area contributed by atoms with E-state index in [1.807, 2.05) is 43.5 Å². The van der Waals surface area contributed by atoms with E-state index in [0.717, 1.165) is 22.4 Å². The van der Waals surface area contributed by atoms with E-state index in [0.29, 0.717) is 6.54 Å². The van der Waals surface area contributed by atoms with Crippen molar-refractivity contribution < 1.29 is 4.79 Å². The second-order valence-corrected chi connectivity index (χ2v) is 5.53. The molecule has 1 heterocycles. The summed E-state index contributed by atoms with van der Waals surface area (Å²) in [6.45, 7) is 4.61. The Morgan fingerprint density at radius 1 is 1.26 bits per heavy atom. The van der Waals surface area contributed by atoms with Gasteiger partial charge >= 0.3 is 0 Å². The lowest BCUT2D eigenvalue weighted by Crippen LogP contribution is -2.32. The Morgan fingerprint density at radius 3 is 2.47 bits per heavy atom. The van der Waals surface area contributed by atoms with E-state index >= 15 is 0 Å². The molecule has 1 aromatic heterocycles. The first-order valence-corrected chi connectivity index (χ1v) is 7.55. The average Bonchev–Trinajstić information content (AvgIpc) is 2.89. The molecule has 0 N–H and O–H groups in total. The van der Waals surface area contributed by atoms with Crippen LogP contribution in [0.15, 0.2) is 35.0 Å². The van der Waals surface area contributed by atoms with Crippen LogP contribution in [0.25, 0.3) is 0 Å². The average molecular weight is 294 g/mol. The lowest BCUT2D eigenvalue weighted by atomic mass is 10.1. The van der Waals surface area contributed by atoms with Crippen LogP contribution in [0.3, 0.4) is 0 Å². The zero-order valence-electron chi connectivity index (χ0n) is 11.0. The number of carbonyl (C=O) groups excluding carboxylic acids is 1. The van der Waals surface area contributed by atoms with E-state index in [1.165, 1.54) is 0 Å². The summed E-state index contributed by atoms with van der Waals surface area (Å²) in [6.07, 6.45) is 0. The number of amides is 1. The number of alkyl halides is 1. The number of carbonyl (C=O) groups is 1. The van der Waals surface area contributed by atoms with Crippen LogP contribution in [0.5, 0.6) is 0 Å². The van der Waals surface area contributed by atoms with Crippen LogP contribution in [0.4, 0.5) is 5.69 Å². The summed E-state index contributed by atoms with van der Waals surface area (Å²) in [5.41, 5.74) is 4.29. The minimum absolute atomic E-state index is 0.00207. The predicted octanol–water partition coefficient (Wildman–Crippen LogP) is 4.14. The van der Waals surface area contributed by atoms with Crippen molar-refractivity contribution in [2.75, 3.05) is 10.8 Å². The Bertz CT molecular complexity index is 545. The normalized spacial score (nSPS) is 10.5. The van der Waals surface area contributed by atoms with Gasteiger partial charge in [-0.15, -0.1) is 11.6 Å². The Labute approximate surface area is 122 Å². The van der Waals surface area contributed by atoms with E-state index in [-0.39, 0.29) is 11.8 Å². The van der Waals surface area contributed by atoms with Gasteiger partial charge in [0.2, 0.25) is 5.91 Å². The molecule has 0 radical (unpaired) electrons. The number of thiophene rings is 1. The second kappa shape index (κ2) is 6.22. The smallest absolute Gasteiger partial charge is 0.242 e. The fraction of sp³-hybridized carbons (Fsp3) is 0.267. The van der Waals surface area contributed by atoms with E-state index in [1.54, 1.807) is 16.2 Å². The molecule has 2 aromatic rings. The molecule has 0 aliphatic rings. The van der Waals surface area contributed by atoms with Gasteiger partial charge in [0.05, 0.1) is 6.54 Å². The topological polar surface area (TPSA) is 20.3 Å². The highest BCUT2D eigenvalue weighted by molar-refractivity contribution is 7.07. The first kappa shape index (κ1) is 14.1.